The SMILES string of the molecule is CCC(C)(O)CNC(=O)C(Cl)c1ccccc1. The Morgan fingerprint density at radius 2 is 2.06 bits per heavy atom. The maximum absolute atomic E-state index is 11.8. The Hall–Kier alpha value is -1.06. The number of alkyl halides is 1. The molecule has 0 fully saturated rings. The lowest BCUT2D eigenvalue weighted by atomic mass is 10.0. The molecule has 0 aliphatic carbocycles. The van der Waals surface area contributed by atoms with Crippen molar-refractivity contribution in [3.8, 4) is 0 Å². The number of hydrogen-bond donors (Lipinski definition) is 2. The van der Waals surface area contributed by atoms with Gasteiger partial charge in [-0.1, -0.05) is 37.3 Å². The van der Waals surface area contributed by atoms with Gasteiger partial charge in [0.1, 0.15) is 5.38 Å². The van der Waals surface area contributed by atoms with Crippen LogP contribution in [-0.2, 0) is 4.79 Å². The van der Waals surface area contributed by atoms with Gasteiger partial charge >= 0.3 is 0 Å². The summed E-state index contributed by atoms with van der Waals surface area (Å²) in [6, 6.07) is 9.14. The van der Waals surface area contributed by atoms with Crippen molar-refractivity contribution in [2.24, 2.45) is 0 Å². The number of halogens is 1. The zero-order valence-corrected chi connectivity index (χ0v) is 10.9. The fourth-order valence-electron chi connectivity index (χ4n) is 1.27. The number of nitrogens with one attached hydrogen (secondary N) is 1. The van der Waals surface area contributed by atoms with E-state index in [4.69, 9.17) is 11.6 Å². The number of carbonyl (C=O) groups is 1. The summed E-state index contributed by atoms with van der Waals surface area (Å²) in [6.07, 6.45) is 0.575. The molecule has 0 radical (unpaired) electrons. The van der Waals surface area contributed by atoms with E-state index in [0.717, 1.165) is 5.56 Å². The van der Waals surface area contributed by atoms with Crippen molar-refractivity contribution in [1.82, 2.24) is 5.32 Å². The van der Waals surface area contributed by atoms with Gasteiger partial charge in [0.2, 0.25) is 5.91 Å². The largest absolute Gasteiger partial charge is 0.388 e. The minimum atomic E-state index is -0.886. The molecule has 2 unspecified atom stereocenters. The Labute approximate surface area is 107 Å². The molecular formula is C13H18ClNO2. The third-order valence-electron chi connectivity index (χ3n) is 2.73. The van der Waals surface area contributed by atoms with Gasteiger partial charge in [0.15, 0.2) is 0 Å². The Morgan fingerprint density at radius 3 is 2.59 bits per heavy atom. The van der Waals surface area contributed by atoms with Crippen molar-refractivity contribution >= 4 is 17.5 Å². The molecule has 2 atom stereocenters. The van der Waals surface area contributed by atoms with E-state index in [1.807, 2.05) is 25.1 Å². The maximum Gasteiger partial charge on any atom is 0.242 e. The highest BCUT2D eigenvalue weighted by atomic mass is 35.5. The van der Waals surface area contributed by atoms with Gasteiger partial charge in [-0.15, -0.1) is 11.6 Å². The summed E-state index contributed by atoms with van der Waals surface area (Å²) < 4.78 is 0. The summed E-state index contributed by atoms with van der Waals surface area (Å²) in [5.41, 5.74) is -0.133. The van der Waals surface area contributed by atoms with E-state index in [-0.39, 0.29) is 12.5 Å². The molecule has 4 heteroatoms. The highest BCUT2D eigenvalue weighted by Gasteiger charge is 2.22. The van der Waals surface area contributed by atoms with Crippen LogP contribution in [0.3, 0.4) is 0 Å². The standard InChI is InChI=1S/C13H18ClNO2/c1-3-13(2,17)9-15-12(16)11(14)10-7-5-4-6-8-10/h4-8,11,17H,3,9H2,1-2H3,(H,15,16). The van der Waals surface area contributed by atoms with Gasteiger partial charge in [0, 0.05) is 6.54 Å². The van der Waals surface area contributed by atoms with E-state index in [2.05, 4.69) is 5.32 Å². The van der Waals surface area contributed by atoms with Crippen molar-refractivity contribution in [1.29, 1.82) is 0 Å². The number of hydrogen-bond acceptors (Lipinski definition) is 2. The second kappa shape index (κ2) is 6.03. The normalized spacial score (nSPS) is 16.0. The second-order valence-electron chi connectivity index (χ2n) is 4.34. The number of amides is 1. The molecule has 0 heterocycles. The van der Waals surface area contributed by atoms with Crippen LogP contribution in [0.15, 0.2) is 30.3 Å². The molecule has 0 saturated heterocycles. The molecule has 94 valence electrons. The van der Waals surface area contributed by atoms with E-state index in [9.17, 15) is 9.90 Å². The van der Waals surface area contributed by atoms with Crippen LogP contribution in [0.25, 0.3) is 0 Å². The minimum Gasteiger partial charge on any atom is -0.388 e. The lowest BCUT2D eigenvalue weighted by molar-refractivity contribution is -0.122. The molecule has 0 spiro atoms. The van der Waals surface area contributed by atoms with Gasteiger partial charge in [0.25, 0.3) is 0 Å². The molecular weight excluding hydrogens is 238 g/mol. The average Bonchev–Trinajstić information content (AvgIpc) is 2.36. The molecule has 1 rings (SSSR count). The lowest BCUT2D eigenvalue weighted by Gasteiger charge is -2.22. The van der Waals surface area contributed by atoms with Gasteiger partial charge in [-0.2, -0.15) is 0 Å². The minimum absolute atomic E-state index is 0.207. The Balaban J connectivity index is 2.54. The summed E-state index contributed by atoms with van der Waals surface area (Å²) in [4.78, 5) is 11.8. The average molecular weight is 256 g/mol. The van der Waals surface area contributed by atoms with Crippen molar-refractivity contribution in [2.75, 3.05) is 6.54 Å². The summed E-state index contributed by atoms with van der Waals surface area (Å²) in [5.74, 6) is -0.286. The maximum atomic E-state index is 11.8. The quantitative estimate of drug-likeness (QED) is 0.793. The second-order valence-corrected chi connectivity index (χ2v) is 4.78. The van der Waals surface area contributed by atoms with Gasteiger partial charge < -0.3 is 10.4 Å². The Morgan fingerprint density at radius 1 is 1.47 bits per heavy atom. The molecule has 1 aromatic rings. The van der Waals surface area contributed by atoms with Crippen LogP contribution < -0.4 is 5.32 Å². The van der Waals surface area contributed by atoms with E-state index >= 15 is 0 Å². The highest BCUT2D eigenvalue weighted by Crippen LogP contribution is 2.20. The topological polar surface area (TPSA) is 49.3 Å². The number of rotatable bonds is 5. The van der Waals surface area contributed by atoms with Crippen LogP contribution in [-0.4, -0.2) is 23.2 Å². The zero-order valence-electron chi connectivity index (χ0n) is 10.1. The van der Waals surface area contributed by atoms with Crippen LogP contribution >= 0.6 is 11.6 Å². The smallest absolute Gasteiger partial charge is 0.242 e. The fourth-order valence-corrected chi connectivity index (χ4v) is 1.49. The Bertz CT molecular complexity index is 365. The van der Waals surface area contributed by atoms with Crippen LogP contribution in [0.5, 0.6) is 0 Å². The molecule has 1 amide bonds. The molecule has 0 saturated carbocycles. The predicted molar refractivity (Wildman–Crippen MR) is 69.0 cm³/mol. The van der Waals surface area contributed by atoms with Crippen LogP contribution in [0, 0.1) is 0 Å². The summed E-state index contributed by atoms with van der Waals surface area (Å²) >= 11 is 6.04. The molecule has 0 aliphatic rings. The molecule has 17 heavy (non-hydrogen) atoms. The first kappa shape index (κ1) is 14.0. The molecule has 1 aromatic carbocycles. The predicted octanol–water partition coefficient (Wildman–Crippen LogP) is 2.24. The highest BCUT2D eigenvalue weighted by molar-refractivity contribution is 6.30. The van der Waals surface area contributed by atoms with Crippen LogP contribution in [0.2, 0.25) is 0 Å². The molecule has 0 aliphatic heterocycles. The van der Waals surface area contributed by atoms with Gasteiger partial charge in [-0.3, -0.25) is 4.79 Å². The summed E-state index contributed by atoms with van der Waals surface area (Å²) in [7, 11) is 0. The molecule has 0 aromatic heterocycles. The summed E-state index contributed by atoms with van der Waals surface area (Å²) in [6.45, 7) is 3.75. The zero-order chi connectivity index (χ0) is 12.9. The number of aliphatic hydroxyl groups is 1. The summed E-state index contributed by atoms with van der Waals surface area (Å²) in [5, 5.41) is 11.7. The first-order valence-electron chi connectivity index (χ1n) is 5.65. The van der Waals surface area contributed by atoms with E-state index < -0.39 is 11.0 Å². The Kier molecular flexibility index (Phi) is 4.97. The molecule has 3 nitrogen and oxygen atoms in total. The van der Waals surface area contributed by atoms with E-state index in [1.54, 1.807) is 19.1 Å². The number of benzene rings is 1. The van der Waals surface area contributed by atoms with Gasteiger partial charge in [-0.25, -0.2) is 0 Å². The third kappa shape index (κ3) is 4.36. The lowest BCUT2D eigenvalue weighted by Crippen LogP contribution is -2.41. The van der Waals surface area contributed by atoms with Crippen LogP contribution in [0.1, 0.15) is 31.2 Å². The third-order valence-corrected chi connectivity index (χ3v) is 3.18. The number of carbonyl (C=O) groups excluding carboxylic acids is 1. The first-order valence-corrected chi connectivity index (χ1v) is 6.09. The molecule has 2 N–H and O–H groups in total. The van der Waals surface area contributed by atoms with Crippen molar-refractivity contribution in [2.45, 2.75) is 31.2 Å². The van der Waals surface area contributed by atoms with E-state index in [0.29, 0.717) is 6.42 Å². The van der Waals surface area contributed by atoms with Crippen molar-refractivity contribution in [3.63, 3.8) is 0 Å². The van der Waals surface area contributed by atoms with Crippen molar-refractivity contribution < 1.29 is 9.90 Å². The molecule has 0 bridgehead atoms. The van der Waals surface area contributed by atoms with Gasteiger partial charge in [0.05, 0.1) is 5.60 Å². The fraction of sp³-hybridized carbons (Fsp3) is 0.462. The first-order chi connectivity index (χ1) is 7.96. The van der Waals surface area contributed by atoms with Crippen molar-refractivity contribution in [3.05, 3.63) is 35.9 Å². The van der Waals surface area contributed by atoms with Crippen LogP contribution in [0.4, 0.5) is 0 Å². The monoisotopic (exact) mass is 255 g/mol. The van der Waals surface area contributed by atoms with Gasteiger partial charge in [-0.05, 0) is 18.9 Å². The van der Waals surface area contributed by atoms with E-state index in [1.165, 1.54) is 0 Å².